The lowest BCUT2D eigenvalue weighted by molar-refractivity contribution is 0.529. The summed E-state index contributed by atoms with van der Waals surface area (Å²) in [6.45, 7) is 0. The van der Waals surface area contributed by atoms with Crippen LogP contribution in [0.4, 0.5) is 0 Å². The van der Waals surface area contributed by atoms with Crippen molar-refractivity contribution in [1.82, 2.24) is 57.3 Å². The average molecular weight is 1920 g/mol. The van der Waals surface area contributed by atoms with Gasteiger partial charge in [-0.3, -0.25) is 0 Å². The number of rotatable bonds is 6. The van der Waals surface area contributed by atoms with Crippen LogP contribution in [0.1, 0.15) is 0 Å². The Kier molecular flexibility index (Phi) is 16.8. The fourth-order valence-corrected chi connectivity index (χ4v) is 19.8. The Hall–Kier alpha value is 4.36. The van der Waals surface area contributed by atoms with Crippen LogP contribution in [0.5, 0.6) is 0 Å². The van der Waals surface area contributed by atoms with Gasteiger partial charge in [-0.15, -0.1) is 0 Å². The molecule has 0 amide bonds. The smallest absolute Gasteiger partial charge is 0.244 e. The van der Waals surface area contributed by atoms with Crippen LogP contribution in [-0.4, -0.2) is 57.3 Å². The minimum Gasteiger partial charge on any atom is -0.244 e. The lowest BCUT2D eigenvalue weighted by Gasteiger charge is -2.21. The van der Waals surface area contributed by atoms with Crippen molar-refractivity contribution in [3.8, 4) is 0 Å². The first-order chi connectivity index (χ1) is 24.0. The van der Waals surface area contributed by atoms with Gasteiger partial charge >= 0.3 is 15.2 Å². The first-order valence-electron chi connectivity index (χ1n) is 11.9. The van der Waals surface area contributed by atoms with E-state index >= 15 is 0 Å². The Morgan fingerprint density at radius 2 is 0.385 bits per heavy atom. The van der Waals surface area contributed by atoms with Gasteiger partial charge in [-0.05, 0) is 287 Å². The van der Waals surface area contributed by atoms with Crippen molar-refractivity contribution in [2.45, 2.75) is 0 Å². The van der Waals surface area contributed by atoms with Crippen molar-refractivity contribution < 1.29 is 9.13 Å². The summed E-state index contributed by atoms with van der Waals surface area (Å²) in [7, 11) is -7.62. The van der Waals surface area contributed by atoms with E-state index in [0.29, 0.717) is 82.1 Å². The Morgan fingerprint density at radius 1 is 0.269 bits per heavy atom. The van der Waals surface area contributed by atoms with Gasteiger partial charge < -0.3 is 0 Å². The molecule has 0 saturated carbocycles. The molecule has 280 valence electrons. The van der Waals surface area contributed by atoms with Crippen LogP contribution in [0.15, 0.2) is 82.1 Å². The van der Waals surface area contributed by atoms with Crippen molar-refractivity contribution in [3.63, 3.8) is 0 Å². The zero-order chi connectivity index (χ0) is 39.1. The van der Waals surface area contributed by atoms with Crippen LogP contribution in [0, 0.1) is 0 Å². The molecule has 6 rings (SSSR count). The standard InChI is InChI=1S/2C9Br9N6OP/c2*10-1-4(13)19-22(7(1)16)26(25,23-8(17)2(11)5(14)20-23)24-9(18)3(12)6(15)21-24. The van der Waals surface area contributed by atoms with Gasteiger partial charge in [0.15, 0.2) is 0 Å². The van der Waals surface area contributed by atoms with Crippen molar-refractivity contribution >= 4 is 302 Å². The molecule has 52 heavy (non-hydrogen) atoms. The van der Waals surface area contributed by atoms with E-state index in [1.165, 1.54) is 26.7 Å². The van der Waals surface area contributed by atoms with Crippen molar-refractivity contribution in [2.24, 2.45) is 0 Å². The molecule has 6 aromatic rings. The van der Waals surface area contributed by atoms with Gasteiger partial charge in [0, 0.05) is 0 Å². The summed E-state index contributed by atoms with van der Waals surface area (Å²) in [6.07, 6.45) is 0. The molecule has 6 heterocycles. The molecular weight excluding hydrogens is 1920 g/mol. The third-order valence-corrected chi connectivity index (χ3v) is 30.8. The largest absolute Gasteiger partial charge is 0.422 e. The Balaban J connectivity index is 0.000000201. The highest BCUT2D eigenvalue weighted by Crippen LogP contribution is 2.59. The zero-order valence-corrected chi connectivity index (χ0v) is 53.2. The van der Waals surface area contributed by atoms with Crippen LogP contribution in [0.2, 0.25) is 0 Å². The molecule has 0 radical (unpaired) electrons. The van der Waals surface area contributed by atoms with Gasteiger partial charge in [0.1, 0.15) is 55.2 Å². The molecule has 0 saturated heterocycles. The van der Waals surface area contributed by atoms with Gasteiger partial charge in [-0.25, -0.2) is 9.13 Å². The highest BCUT2D eigenvalue weighted by atomic mass is 79.9. The third kappa shape index (κ3) is 8.32. The second kappa shape index (κ2) is 18.4. The summed E-state index contributed by atoms with van der Waals surface area (Å²) in [4.78, 5) is 0. The predicted octanol–water partition coefficient (Wildman–Crippen LogP) is 16.4. The summed E-state index contributed by atoms with van der Waals surface area (Å²) in [5, 5.41) is 26.1. The number of nitrogens with zero attached hydrogens (tertiary/aromatic N) is 12. The van der Waals surface area contributed by atoms with E-state index in [9.17, 15) is 9.13 Å². The van der Waals surface area contributed by atoms with E-state index in [0.717, 1.165) is 0 Å². The van der Waals surface area contributed by atoms with Crippen LogP contribution < -0.4 is 0 Å². The molecule has 6 aromatic heterocycles. The molecule has 0 aliphatic rings. The quantitative estimate of drug-likeness (QED) is 0.150. The minimum atomic E-state index is -3.81. The topological polar surface area (TPSA) is 141 Å². The maximum atomic E-state index is 14.5. The van der Waals surface area contributed by atoms with Gasteiger partial charge in [0.05, 0.1) is 26.8 Å². The molecule has 0 aliphatic carbocycles. The lowest BCUT2D eigenvalue weighted by Crippen LogP contribution is -2.18. The lowest BCUT2D eigenvalue weighted by atomic mass is 10.8. The fourth-order valence-electron chi connectivity index (χ4n) is 3.58. The molecule has 0 atom stereocenters. The fraction of sp³-hybridized carbons (Fsp3) is 0. The van der Waals surface area contributed by atoms with Crippen LogP contribution in [-0.2, 0) is 9.13 Å². The van der Waals surface area contributed by atoms with Crippen LogP contribution in [0.3, 0.4) is 0 Å². The number of hydrogen-bond donors (Lipinski definition) is 0. The minimum absolute atomic E-state index is 0.442. The molecule has 0 spiro atoms. The first kappa shape index (κ1) is 47.4. The predicted molar refractivity (Wildman–Crippen MR) is 260 cm³/mol. The van der Waals surface area contributed by atoms with Crippen molar-refractivity contribution in [3.05, 3.63) is 82.1 Å². The summed E-state index contributed by atoms with van der Waals surface area (Å²) >= 11 is 60.9. The second-order valence-corrected chi connectivity index (χ2v) is 26.8. The molecule has 0 fully saturated rings. The normalized spacial score (nSPS) is 12.2. The van der Waals surface area contributed by atoms with E-state index in [4.69, 9.17) is 0 Å². The number of aromatic nitrogens is 12. The van der Waals surface area contributed by atoms with E-state index in [2.05, 4.69) is 317 Å². The van der Waals surface area contributed by atoms with Gasteiger partial charge in [0.25, 0.3) is 0 Å². The summed E-state index contributed by atoms with van der Waals surface area (Å²) in [5.41, 5.74) is 0. The van der Waals surface area contributed by atoms with Gasteiger partial charge in [-0.2, -0.15) is 57.3 Å². The summed E-state index contributed by atoms with van der Waals surface area (Å²) < 4.78 is 45.8. The van der Waals surface area contributed by atoms with Crippen molar-refractivity contribution in [2.75, 3.05) is 0 Å². The van der Waals surface area contributed by atoms with E-state index in [1.807, 2.05) is 0 Å². The Bertz CT molecular complexity index is 2080. The molecular formula is C18Br18N12O2P2. The number of hydrogen-bond acceptors (Lipinski definition) is 8. The van der Waals surface area contributed by atoms with E-state index < -0.39 is 15.2 Å². The highest BCUT2D eigenvalue weighted by molar-refractivity contribution is 9.16. The number of halogens is 18. The molecule has 14 nitrogen and oxygen atoms in total. The average Bonchev–Trinajstić information content (AvgIpc) is 3.86. The van der Waals surface area contributed by atoms with E-state index in [-0.39, 0.29) is 0 Å². The third-order valence-electron chi connectivity index (χ3n) is 5.80. The monoisotopic (exact) mass is 1900 g/mol. The molecule has 0 bridgehead atoms. The maximum Gasteiger partial charge on any atom is 0.422 e. The molecule has 34 heteroatoms. The molecule has 0 aromatic carbocycles. The van der Waals surface area contributed by atoms with Crippen LogP contribution in [0.25, 0.3) is 0 Å². The Morgan fingerprint density at radius 3 is 0.462 bits per heavy atom. The van der Waals surface area contributed by atoms with Crippen molar-refractivity contribution in [1.29, 1.82) is 0 Å². The molecule has 0 N–H and O–H groups in total. The van der Waals surface area contributed by atoms with Gasteiger partial charge in [0.2, 0.25) is 0 Å². The second-order valence-electron chi connectivity index (χ2n) is 8.74. The zero-order valence-electron chi connectivity index (χ0n) is 22.9. The summed E-state index contributed by atoms with van der Waals surface area (Å²) in [6, 6.07) is 0. The summed E-state index contributed by atoms with van der Waals surface area (Å²) in [5.74, 6) is 0. The first-order valence-corrected chi connectivity index (χ1v) is 29.3. The van der Waals surface area contributed by atoms with Gasteiger partial charge in [-0.1, -0.05) is 0 Å². The maximum absolute atomic E-state index is 14.5. The highest BCUT2D eigenvalue weighted by Gasteiger charge is 2.43. The van der Waals surface area contributed by atoms with E-state index in [1.54, 1.807) is 0 Å². The SMILES string of the molecule is O=P(n1nc(Br)c(Br)c1Br)(n1nc(Br)c(Br)c1Br)n1nc(Br)c(Br)c1Br.O=P(n1nc(Br)c(Br)c1Br)(n1nc(Br)c(Br)c1Br)n1nc(Br)c(Br)c1Br. The molecule has 0 aliphatic heterocycles. The van der Waals surface area contributed by atoms with Crippen LogP contribution >= 0.6 is 302 Å². The molecule has 0 unspecified atom stereocenters. The Labute approximate surface area is 442 Å².